The molecule has 1 saturated heterocycles. The van der Waals surface area contributed by atoms with Gasteiger partial charge < -0.3 is 15.9 Å². The molecule has 0 aliphatic carbocycles. The van der Waals surface area contributed by atoms with Crippen molar-refractivity contribution in [2.24, 2.45) is 5.92 Å². The topological polar surface area (TPSA) is 150 Å². The van der Waals surface area contributed by atoms with Gasteiger partial charge in [-0.1, -0.05) is 23.1 Å². The average molecular weight is 383 g/mol. The number of anilines is 1. The van der Waals surface area contributed by atoms with Crippen molar-refractivity contribution in [2.75, 3.05) is 18.0 Å². The molecule has 0 saturated carbocycles. The highest BCUT2D eigenvalue weighted by Gasteiger charge is 2.62. The van der Waals surface area contributed by atoms with E-state index < -0.39 is 30.1 Å². The zero-order valence-electron chi connectivity index (χ0n) is 12.7. The maximum atomic E-state index is 12.4. The van der Waals surface area contributed by atoms with Crippen LogP contribution in [0.3, 0.4) is 0 Å². The summed E-state index contributed by atoms with van der Waals surface area (Å²) in [5, 5.41) is 26.8. The van der Waals surface area contributed by atoms with Crippen molar-refractivity contribution in [3.8, 4) is 0 Å². The number of β-lactam (4-membered cyclic amide) rings is 1. The van der Waals surface area contributed by atoms with E-state index in [0.29, 0.717) is 27.3 Å². The number of carbonyl (C=O) groups excluding carboxylic acids is 1. The minimum Gasteiger partial charge on any atom is -0.480 e. The van der Waals surface area contributed by atoms with Gasteiger partial charge in [-0.05, 0) is 12.0 Å². The lowest BCUT2D eigenvalue weighted by Crippen LogP contribution is -2.66. The second kappa shape index (κ2) is 5.59. The Bertz CT molecular complexity index is 823. The molecule has 0 aromatic carbocycles. The summed E-state index contributed by atoms with van der Waals surface area (Å²) < 4.78 is 0.632. The van der Waals surface area contributed by atoms with Crippen LogP contribution in [0.15, 0.2) is 15.6 Å². The van der Waals surface area contributed by atoms with Gasteiger partial charge in [-0.25, -0.2) is 9.59 Å². The normalized spacial score (nSPS) is 27.4. The first-order chi connectivity index (χ1) is 11.9. The number of nitrogens with zero attached hydrogens (tertiary/aromatic N) is 4. The van der Waals surface area contributed by atoms with Crippen LogP contribution < -0.4 is 5.73 Å². The number of carbonyl (C=O) groups is 3. The van der Waals surface area contributed by atoms with Crippen LogP contribution >= 0.6 is 23.1 Å². The van der Waals surface area contributed by atoms with E-state index in [9.17, 15) is 24.6 Å². The Labute approximate surface area is 149 Å². The van der Waals surface area contributed by atoms with Crippen molar-refractivity contribution < 1.29 is 24.6 Å². The lowest BCUT2D eigenvalue weighted by atomic mass is 9.89. The Kier molecular flexibility index (Phi) is 3.61. The molecule has 4 heterocycles. The Balaban J connectivity index is 1.63. The van der Waals surface area contributed by atoms with Gasteiger partial charge in [-0.15, -0.1) is 10.2 Å². The van der Waals surface area contributed by atoms with E-state index in [2.05, 4.69) is 10.2 Å². The van der Waals surface area contributed by atoms with E-state index in [0.717, 1.165) is 10.5 Å². The highest BCUT2D eigenvalue weighted by Crippen LogP contribution is 2.50. The van der Waals surface area contributed by atoms with Gasteiger partial charge in [0.15, 0.2) is 10.4 Å². The number of carboxylic acid groups (broad SMARTS) is 2. The number of aromatic nitrogens is 2. The quantitative estimate of drug-likeness (QED) is 0.487. The zero-order chi connectivity index (χ0) is 17.9. The standard InChI is InChI=1S/C13H13N5O5S2/c14-11-15-16-12(25-11)24-3-5-4-1-2-17(13(22)23)8-6(4)18(9(8)19)7(5)10(20)21/h5,7-8H,1-3H2,(H2,14,15)(H,20,21)(H,22,23)/t5?,7?,8-/m0/s1. The maximum Gasteiger partial charge on any atom is 0.408 e. The Morgan fingerprint density at radius 1 is 1.36 bits per heavy atom. The fraction of sp³-hybridized carbons (Fsp3) is 0.462. The molecule has 3 atom stereocenters. The van der Waals surface area contributed by atoms with Gasteiger partial charge >= 0.3 is 12.1 Å². The van der Waals surface area contributed by atoms with E-state index >= 15 is 0 Å². The molecule has 25 heavy (non-hydrogen) atoms. The van der Waals surface area contributed by atoms with E-state index in [4.69, 9.17) is 5.73 Å². The Hall–Kier alpha value is -2.34. The van der Waals surface area contributed by atoms with E-state index in [1.54, 1.807) is 0 Å². The largest absolute Gasteiger partial charge is 0.480 e. The molecule has 1 aromatic heterocycles. The molecule has 0 radical (unpaired) electrons. The molecule has 0 bridgehead atoms. The minimum absolute atomic E-state index is 0.192. The van der Waals surface area contributed by atoms with Gasteiger partial charge in [0.25, 0.3) is 5.91 Å². The summed E-state index contributed by atoms with van der Waals surface area (Å²) in [7, 11) is 0. The van der Waals surface area contributed by atoms with E-state index in [-0.39, 0.29) is 12.5 Å². The number of nitrogen functional groups attached to an aromatic ring is 1. The minimum atomic E-state index is -1.17. The Morgan fingerprint density at radius 3 is 2.72 bits per heavy atom. The second-order valence-electron chi connectivity index (χ2n) is 5.85. The van der Waals surface area contributed by atoms with Crippen molar-refractivity contribution in [3.63, 3.8) is 0 Å². The molecule has 2 unspecified atom stereocenters. The van der Waals surface area contributed by atoms with E-state index in [1.165, 1.54) is 28.0 Å². The van der Waals surface area contributed by atoms with Gasteiger partial charge in [-0.3, -0.25) is 14.6 Å². The summed E-state index contributed by atoms with van der Waals surface area (Å²) >= 11 is 2.56. The number of amides is 2. The number of aliphatic carboxylic acids is 1. The number of rotatable bonds is 4. The summed E-state index contributed by atoms with van der Waals surface area (Å²) in [6.45, 7) is 0.192. The first kappa shape index (κ1) is 16.1. The molecular weight excluding hydrogens is 370 g/mol. The SMILES string of the molecule is Nc1nnc(SCC2C3=C4[C@@H](C(=O)N4C2C(=O)O)N(C(=O)O)CC3)s1. The summed E-state index contributed by atoms with van der Waals surface area (Å²) in [6, 6.07) is -1.87. The third-order valence-corrected chi connectivity index (χ3v) is 6.67. The predicted molar refractivity (Wildman–Crippen MR) is 87.0 cm³/mol. The van der Waals surface area contributed by atoms with Crippen molar-refractivity contribution in [1.29, 1.82) is 0 Å². The molecule has 0 spiro atoms. The number of nitrogens with two attached hydrogens (primary N) is 1. The van der Waals surface area contributed by atoms with Crippen LogP contribution in [0.5, 0.6) is 0 Å². The number of thioether (sulfide) groups is 1. The number of hydrogen-bond acceptors (Lipinski definition) is 8. The molecule has 12 heteroatoms. The monoisotopic (exact) mass is 383 g/mol. The molecular formula is C13H13N5O5S2. The average Bonchev–Trinajstić information content (AvgIpc) is 3.11. The predicted octanol–water partition coefficient (Wildman–Crippen LogP) is 0.144. The lowest BCUT2D eigenvalue weighted by Gasteiger charge is -2.46. The number of carboxylic acids is 1. The van der Waals surface area contributed by atoms with E-state index in [1.807, 2.05) is 0 Å². The number of hydrogen-bond donors (Lipinski definition) is 3. The van der Waals surface area contributed by atoms with Crippen molar-refractivity contribution in [2.45, 2.75) is 22.8 Å². The van der Waals surface area contributed by atoms with Gasteiger partial charge in [0, 0.05) is 18.2 Å². The first-order valence-electron chi connectivity index (χ1n) is 7.40. The fourth-order valence-electron chi connectivity index (χ4n) is 3.70. The zero-order valence-corrected chi connectivity index (χ0v) is 14.3. The third-order valence-electron chi connectivity index (χ3n) is 4.67. The summed E-state index contributed by atoms with van der Waals surface area (Å²) in [4.78, 5) is 37.8. The smallest absolute Gasteiger partial charge is 0.408 e. The van der Waals surface area contributed by atoms with Crippen LogP contribution in [0, 0.1) is 5.92 Å². The van der Waals surface area contributed by atoms with Crippen LogP contribution in [-0.2, 0) is 9.59 Å². The van der Waals surface area contributed by atoms with Crippen LogP contribution in [0.4, 0.5) is 9.93 Å². The van der Waals surface area contributed by atoms with Crippen molar-refractivity contribution in [1.82, 2.24) is 20.0 Å². The molecule has 10 nitrogen and oxygen atoms in total. The molecule has 132 valence electrons. The van der Waals surface area contributed by atoms with Crippen LogP contribution in [0.1, 0.15) is 6.42 Å². The summed E-state index contributed by atoms with van der Waals surface area (Å²) in [6.07, 6.45) is -0.742. The maximum absolute atomic E-state index is 12.4. The van der Waals surface area contributed by atoms with Gasteiger partial charge in [0.2, 0.25) is 5.13 Å². The molecule has 3 aliphatic rings. The highest BCUT2D eigenvalue weighted by molar-refractivity contribution is 8.01. The van der Waals surface area contributed by atoms with Crippen LogP contribution in [0.2, 0.25) is 0 Å². The molecule has 4 rings (SSSR count). The van der Waals surface area contributed by atoms with Gasteiger partial charge in [0.05, 0.1) is 5.70 Å². The third kappa shape index (κ3) is 2.28. The second-order valence-corrected chi connectivity index (χ2v) is 8.13. The summed E-state index contributed by atoms with van der Waals surface area (Å²) in [5.41, 5.74) is 6.96. The van der Waals surface area contributed by atoms with Crippen LogP contribution in [-0.4, -0.2) is 72.6 Å². The molecule has 3 aliphatic heterocycles. The fourth-order valence-corrected chi connectivity index (χ4v) is 5.54. The lowest BCUT2D eigenvalue weighted by molar-refractivity contribution is -0.156. The van der Waals surface area contributed by atoms with Crippen LogP contribution in [0.25, 0.3) is 0 Å². The van der Waals surface area contributed by atoms with Crippen molar-refractivity contribution in [3.05, 3.63) is 11.3 Å². The molecule has 1 fully saturated rings. The van der Waals surface area contributed by atoms with Crippen molar-refractivity contribution >= 4 is 46.2 Å². The molecule has 2 amide bonds. The highest BCUT2D eigenvalue weighted by atomic mass is 32.2. The van der Waals surface area contributed by atoms with Gasteiger partial charge in [0.1, 0.15) is 6.04 Å². The van der Waals surface area contributed by atoms with Gasteiger partial charge in [-0.2, -0.15) is 0 Å². The Morgan fingerprint density at radius 2 is 2.12 bits per heavy atom. The molecule has 1 aromatic rings. The summed E-state index contributed by atoms with van der Waals surface area (Å²) in [5.74, 6) is -1.53. The first-order valence-corrected chi connectivity index (χ1v) is 9.20. The molecule has 4 N–H and O–H groups in total.